The molecular weight excluding hydrogens is 310 g/mol. The predicted octanol–water partition coefficient (Wildman–Crippen LogP) is 2.10. The quantitative estimate of drug-likeness (QED) is 0.740. The molecule has 0 spiro atoms. The van der Waals surface area contributed by atoms with Crippen LogP contribution in [-0.2, 0) is 19.7 Å². The minimum atomic E-state index is -3.98. The fourth-order valence-electron chi connectivity index (χ4n) is 1.52. The second-order valence-electron chi connectivity index (χ2n) is 4.11. The molecule has 0 saturated carbocycles. The Morgan fingerprint density at radius 3 is 1.86 bits per heavy atom. The molecule has 1 N–H and O–H groups in total. The number of rotatable bonds is 8. The van der Waals surface area contributed by atoms with Gasteiger partial charge in [-0.3, -0.25) is 0 Å². The third-order valence-corrected chi connectivity index (χ3v) is 6.75. The maximum absolute atomic E-state index is 12.1. The molecule has 0 aliphatic heterocycles. The molecule has 1 aromatic carbocycles. The van der Waals surface area contributed by atoms with E-state index in [1.807, 2.05) is 0 Å². The zero-order valence-corrected chi connectivity index (χ0v) is 13.0. The Bertz CT molecular complexity index is 690. The Morgan fingerprint density at radius 1 is 0.952 bits per heavy atom. The standard InChI is InChI=1S/C14H17NO4S2/c1-3-10-20(16,17)14(21(18,19)11-4-2)12-15-13-8-6-5-7-9-13/h3-9,12,15H,1-2,10-11H2. The average molecular weight is 327 g/mol. The van der Waals surface area contributed by atoms with E-state index < -0.39 is 35.4 Å². The molecule has 5 nitrogen and oxygen atoms in total. The molecular formula is C14H17NO4S2. The molecule has 1 rings (SSSR count). The number of nitrogens with one attached hydrogen (secondary N) is 1. The Morgan fingerprint density at radius 2 is 1.43 bits per heavy atom. The number of sulfone groups is 2. The van der Waals surface area contributed by atoms with Crippen LogP contribution in [0.1, 0.15) is 0 Å². The third-order valence-electron chi connectivity index (χ3n) is 2.42. The topological polar surface area (TPSA) is 80.3 Å². The molecule has 7 heteroatoms. The lowest BCUT2D eigenvalue weighted by atomic mass is 10.3. The minimum absolute atomic E-state index is 0.453. The van der Waals surface area contributed by atoms with Crippen molar-refractivity contribution in [2.75, 3.05) is 16.8 Å². The van der Waals surface area contributed by atoms with Gasteiger partial charge in [0, 0.05) is 11.9 Å². The van der Waals surface area contributed by atoms with E-state index in [0.29, 0.717) is 5.69 Å². The molecule has 0 fully saturated rings. The van der Waals surface area contributed by atoms with Crippen LogP contribution in [0.25, 0.3) is 0 Å². The number of hydrogen-bond acceptors (Lipinski definition) is 5. The zero-order valence-electron chi connectivity index (χ0n) is 11.4. The Labute approximate surface area is 125 Å². The van der Waals surface area contributed by atoms with Gasteiger partial charge in [-0.2, -0.15) is 0 Å². The molecule has 0 bridgehead atoms. The van der Waals surface area contributed by atoms with Gasteiger partial charge in [-0.15, -0.1) is 13.2 Å². The van der Waals surface area contributed by atoms with Crippen molar-refractivity contribution in [2.45, 2.75) is 0 Å². The Hall–Kier alpha value is -1.86. The fraction of sp³-hybridized carbons (Fsp3) is 0.143. The van der Waals surface area contributed by atoms with Crippen LogP contribution in [0, 0.1) is 0 Å². The summed E-state index contributed by atoms with van der Waals surface area (Å²) < 4.78 is 47.7. The first-order valence-corrected chi connectivity index (χ1v) is 9.33. The lowest BCUT2D eigenvalue weighted by Gasteiger charge is -2.09. The maximum atomic E-state index is 12.1. The molecule has 0 aromatic heterocycles. The van der Waals surface area contributed by atoms with E-state index in [2.05, 4.69) is 18.5 Å². The van der Waals surface area contributed by atoms with E-state index in [1.165, 1.54) is 0 Å². The highest BCUT2D eigenvalue weighted by Crippen LogP contribution is 2.18. The molecule has 0 radical (unpaired) electrons. The Balaban J connectivity index is 3.26. The van der Waals surface area contributed by atoms with Gasteiger partial charge in [0.2, 0.25) is 0 Å². The van der Waals surface area contributed by atoms with Crippen molar-refractivity contribution in [3.63, 3.8) is 0 Å². The first kappa shape index (κ1) is 17.2. The first-order valence-electron chi connectivity index (χ1n) is 6.02. The highest BCUT2D eigenvalue weighted by molar-refractivity contribution is 8.14. The highest BCUT2D eigenvalue weighted by atomic mass is 32.3. The van der Waals surface area contributed by atoms with Gasteiger partial charge in [0.15, 0.2) is 23.9 Å². The van der Waals surface area contributed by atoms with E-state index >= 15 is 0 Å². The fourth-order valence-corrected chi connectivity index (χ4v) is 4.91. The van der Waals surface area contributed by atoms with E-state index in [-0.39, 0.29) is 0 Å². The van der Waals surface area contributed by atoms with Crippen LogP contribution in [0.15, 0.2) is 66.1 Å². The van der Waals surface area contributed by atoms with Crippen LogP contribution in [0.4, 0.5) is 5.69 Å². The minimum Gasteiger partial charge on any atom is -0.360 e. The van der Waals surface area contributed by atoms with Crippen LogP contribution in [0.3, 0.4) is 0 Å². The second-order valence-corrected chi connectivity index (χ2v) is 8.38. The molecule has 0 heterocycles. The van der Waals surface area contributed by atoms with Gasteiger partial charge in [-0.25, -0.2) is 16.8 Å². The number of hydrogen-bond donors (Lipinski definition) is 1. The summed E-state index contributed by atoms with van der Waals surface area (Å²) in [7, 11) is -7.96. The van der Waals surface area contributed by atoms with Crippen LogP contribution < -0.4 is 5.32 Å². The summed E-state index contributed by atoms with van der Waals surface area (Å²) in [6.07, 6.45) is 3.29. The predicted molar refractivity (Wildman–Crippen MR) is 86.1 cm³/mol. The molecule has 1 aromatic rings. The van der Waals surface area contributed by atoms with Gasteiger partial charge in [-0.05, 0) is 12.1 Å². The number of para-hydroxylation sites is 1. The van der Waals surface area contributed by atoms with E-state index in [1.54, 1.807) is 30.3 Å². The molecule has 0 amide bonds. The summed E-state index contributed by atoms with van der Waals surface area (Å²) in [6, 6.07) is 8.65. The smallest absolute Gasteiger partial charge is 0.194 e. The monoisotopic (exact) mass is 327 g/mol. The normalized spacial score (nSPS) is 11.4. The molecule has 0 saturated heterocycles. The van der Waals surface area contributed by atoms with E-state index in [0.717, 1.165) is 18.4 Å². The van der Waals surface area contributed by atoms with E-state index in [4.69, 9.17) is 0 Å². The van der Waals surface area contributed by atoms with Gasteiger partial charge in [-0.1, -0.05) is 30.4 Å². The highest BCUT2D eigenvalue weighted by Gasteiger charge is 2.28. The molecule has 0 aliphatic carbocycles. The largest absolute Gasteiger partial charge is 0.360 e. The molecule has 0 atom stereocenters. The van der Waals surface area contributed by atoms with Crippen molar-refractivity contribution in [1.82, 2.24) is 0 Å². The maximum Gasteiger partial charge on any atom is 0.194 e. The van der Waals surface area contributed by atoms with Crippen LogP contribution in [0.2, 0.25) is 0 Å². The summed E-state index contributed by atoms with van der Waals surface area (Å²) in [6.45, 7) is 6.67. The number of anilines is 1. The summed E-state index contributed by atoms with van der Waals surface area (Å²) in [5.41, 5.74) is 0.581. The van der Waals surface area contributed by atoms with Gasteiger partial charge < -0.3 is 5.32 Å². The third kappa shape index (κ3) is 4.87. The van der Waals surface area contributed by atoms with Crippen molar-refractivity contribution in [1.29, 1.82) is 0 Å². The van der Waals surface area contributed by atoms with Gasteiger partial charge in [0.05, 0.1) is 11.5 Å². The molecule has 0 unspecified atom stereocenters. The van der Waals surface area contributed by atoms with Crippen LogP contribution >= 0.6 is 0 Å². The molecule has 21 heavy (non-hydrogen) atoms. The SMILES string of the molecule is C=CCS(=O)(=O)C(=CNc1ccccc1)S(=O)(=O)CC=C. The lowest BCUT2D eigenvalue weighted by molar-refractivity contribution is 0.598. The van der Waals surface area contributed by atoms with E-state index in [9.17, 15) is 16.8 Å². The van der Waals surface area contributed by atoms with Crippen molar-refractivity contribution in [3.05, 3.63) is 66.1 Å². The van der Waals surface area contributed by atoms with Crippen LogP contribution in [0.5, 0.6) is 0 Å². The molecule has 0 aliphatic rings. The van der Waals surface area contributed by atoms with Gasteiger partial charge in [0.1, 0.15) is 0 Å². The van der Waals surface area contributed by atoms with Crippen molar-refractivity contribution < 1.29 is 16.8 Å². The van der Waals surface area contributed by atoms with Crippen molar-refractivity contribution in [2.24, 2.45) is 0 Å². The molecule has 114 valence electrons. The number of benzene rings is 1. The summed E-state index contributed by atoms with van der Waals surface area (Å²) in [5, 5.41) is 2.68. The van der Waals surface area contributed by atoms with Crippen molar-refractivity contribution in [3.8, 4) is 0 Å². The summed E-state index contributed by atoms with van der Waals surface area (Å²) in [4.78, 5) is 0. The van der Waals surface area contributed by atoms with Gasteiger partial charge >= 0.3 is 0 Å². The summed E-state index contributed by atoms with van der Waals surface area (Å²) in [5.74, 6) is -0.905. The second kappa shape index (κ2) is 7.24. The van der Waals surface area contributed by atoms with Crippen LogP contribution in [-0.4, -0.2) is 28.3 Å². The Kier molecular flexibility index (Phi) is 5.92. The zero-order chi connectivity index (χ0) is 15.9. The van der Waals surface area contributed by atoms with Crippen molar-refractivity contribution >= 4 is 25.4 Å². The average Bonchev–Trinajstić information content (AvgIpc) is 2.39. The van der Waals surface area contributed by atoms with Gasteiger partial charge in [0.25, 0.3) is 0 Å². The lowest BCUT2D eigenvalue weighted by Crippen LogP contribution is -2.19. The first-order chi connectivity index (χ1) is 9.83. The summed E-state index contributed by atoms with van der Waals surface area (Å²) >= 11 is 0.